The maximum atomic E-state index is 12.4. The lowest BCUT2D eigenvalue weighted by atomic mass is 9.99. The van der Waals surface area contributed by atoms with Crippen molar-refractivity contribution < 1.29 is 4.79 Å². The molecular formula is C14H19N5OS. The van der Waals surface area contributed by atoms with Gasteiger partial charge in [-0.15, -0.1) is 16.4 Å². The van der Waals surface area contributed by atoms with Gasteiger partial charge in [-0.25, -0.2) is 0 Å². The molecule has 3 N–H and O–H groups in total. The summed E-state index contributed by atoms with van der Waals surface area (Å²) in [6, 6.07) is 2.48. The van der Waals surface area contributed by atoms with Gasteiger partial charge in [0, 0.05) is 24.0 Å². The van der Waals surface area contributed by atoms with Crippen LogP contribution < -0.4 is 11.1 Å². The van der Waals surface area contributed by atoms with Crippen molar-refractivity contribution in [3.63, 3.8) is 0 Å². The van der Waals surface area contributed by atoms with E-state index in [9.17, 15) is 4.79 Å². The molecule has 2 atom stereocenters. The lowest BCUT2D eigenvalue weighted by Crippen LogP contribution is -2.47. The van der Waals surface area contributed by atoms with E-state index in [1.165, 1.54) is 11.3 Å². The summed E-state index contributed by atoms with van der Waals surface area (Å²) in [5, 5.41) is 11.8. The molecule has 1 aliphatic rings. The molecule has 112 valence electrons. The van der Waals surface area contributed by atoms with Crippen molar-refractivity contribution in [3.8, 4) is 0 Å². The average Bonchev–Trinajstić information content (AvgIpc) is 2.81. The SMILES string of the molecule is CC1CC(NC(=O)c2sc3nnccc3c2N)CCN1C. The van der Waals surface area contributed by atoms with Crippen LogP contribution in [0.3, 0.4) is 0 Å². The third-order valence-electron chi connectivity index (χ3n) is 4.17. The molecule has 0 aromatic carbocycles. The largest absolute Gasteiger partial charge is 0.397 e. The normalized spacial score (nSPS) is 23.3. The summed E-state index contributed by atoms with van der Waals surface area (Å²) in [4.78, 5) is 16.0. The standard InChI is InChI=1S/C14H19N5OS/c1-8-7-9(4-6-19(8)2)17-13(20)12-11(15)10-3-5-16-18-14(10)21-12/h3,5,8-9H,4,6-7,15H2,1-2H3,(H,17,20). The number of hydrogen-bond donors (Lipinski definition) is 2. The van der Waals surface area contributed by atoms with Gasteiger partial charge < -0.3 is 16.0 Å². The molecule has 7 heteroatoms. The van der Waals surface area contributed by atoms with E-state index in [-0.39, 0.29) is 11.9 Å². The zero-order valence-corrected chi connectivity index (χ0v) is 13.0. The van der Waals surface area contributed by atoms with Gasteiger partial charge in [0.05, 0.1) is 11.9 Å². The van der Waals surface area contributed by atoms with Crippen LogP contribution in [0.15, 0.2) is 12.3 Å². The molecule has 1 saturated heterocycles. The van der Waals surface area contributed by atoms with Crippen LogP contribution in [-0.2, 0) is 0 Å². The van der Waals surface area contributed by atoms with Gasteiger partial charge in [-0.3, -0.25) is 4.79 Å². The maximum Gasteiger partial charge on any atom is 0.263 e. The Morgan fingerprint density at radius 3 is 3.10 bits per heavy atom. The van der Waals surface area contributed by atoms with Crippen LogP contribution >= 0.6 is 11.3 Å². The number of nitrogens with one attached hydrogen (secondary N) is 1. The number of nitrogens with two attached hydrogens (primary N) is 1. The molecule has 2 aromatic rings. The lowest BCUT2D eigenvalue weighted by Gasteiger charge is -2.35. The van der Waals surface area contributed by atoms with Gasteiger partial charge >= 0.3 is 0 Å². The molecule has 0 bridgehead atoms. The maximum absolute atomic E-state index is 12.4. The number of amides is 1. The average molecular weight is 305 g/mol. The molecule has 0 saturated carbocycles. The van der Waals surface area contributed by atoms with Gasteiger partial charge in [0.1, 0.15) is 9.71 Å². The number of fused-ring (bicyclic) bond motifs is 1. The second-order valence-electron chi connectivity index (χ2n) is 5.62. The Bertz CT molecular complexity index is 670. The van der Waals surface area contributed by atoms with E-state index < -0.39 is 0 Å². The highest BCUT2D eigenvalue weighted by atomic mass is 32.1. The first-order valence-corrected chi connectivity index (χ1v) is 7.88. The van der Waals surface area contributed by atoms with Gasteiger partial charge in [0.15, 0.2) is 0 Å². The first-order valence-electron chi connectivity index (χ1n) is 7.07. The van der Waals surface area contributed by atoms with E-state index in [2.05, 4.69) is 34.4 Å². The third-order valence-corrected chi connectivity index (χ3v) is 5.27. The number of nitrogens with zero attached hydrogens (tertiary/aromatic N) is 3. The molecule has 1 amide bonds. The van der Waals surface area contributed by atoms with Crippen molar-refractivity contribution in [2.75, 3.05) is 19.3 Å². The molecule has 3 rings (SSSR count). The minimum atomic E-state index is -0.0998. The number of aromatic nitrogens is 2. The summed E-state index contributed by atoms with van der Waals surface area (Å²) in [5.74, 6) is -0.0998. The Balaban J connectivity index is 1.77. The van der Waals surface area contributed by atoms with E-state index in [0.717, 1.165) is 24.8 Å². The molecule has 3 heterocycles. The summed E-state index contributed by atoms with van der Waals surface area (Å²) >= 11 is 1.30. The van der Waals surface area contributed by atoms with Crippen LogP contribution in [0.5, 0.6) is 0 Å². The number of carbonyl (C=O) groups is 1. The molecule has 21 heavy (non-hydrogen) atoms. The minimum absolute atomic E-state index is 0.0998. The molecule has 0 aliphatic carbocycles. The van der Waals surface area contributed by atoms with Gasteiger partial charge in [0.2, 0.25) is 0 Å². The molecule has 0 spiro atoms. The Kier molecular flexibility index (Phi) is 3.77. The van der Waals surface area contributed by atoms with Crippen molar-refractivity contribution in [2.24, 2.45) is 0 Å². The molecule has 2 aromatic heterocycles. The number of likely N-dealkylation sites (tertiary alicyclic amines) is 1. The summed E-state index contributed by atoms with van der Waals surface area (Å²) in [7, 11) is 2.12. The van der Waals surface area contributed by atoms with E-state index in [1.54, 1.807) is 12.3 Å². The topological polar surface area (TPSA) is 84.1 Å². The smallest absolute Gasteiger partial charge is 0.263 e. The monoisotopic (exact) mass is 305 g/mol. The van der Waals surface area contributed by atoms with E-state index in [0.29, 0.717) is 21.4 Å². The van der Waals surface area contributed by atoms with Crippen molar-refractivity contribution in [1.82, 2.24) is 20.4 Å². The van der Waals surface area contributed by atoms with Crippen molar-refractivity contribution in [3.05, 3.63) is 17.1 Å². The van der Waals surface area contributed by atoms with Gasteiger partial charge in [-0.05, 0) is 32.9 Å². The van der Waals surface area contributed by atoms with Crippen molar-refractivity contribution in [2.45, 2.75) is 31.8 Å². The summed E-state index contributed by atoms with van der Waals surface area (Å²) in [5.41, 5.74) is 6.57. The fourth-order valence-corrected chi connectivity index (χ4v) is 3.65. The zero-order chi connectivity index (χ0) is 15.0. The first kappa shape index (κ1) is 14.2. The second kappa shape index (κ2) is 5.57. The second-order valence-corrected chi connectivity index (χ2v) is 6.62. The van der Waals surface area contributed by atoms with Crippen LogP contribution in [0.4, 0.5) is 5.69 Å². The van der Waals surface area contributed by atoms with E-state index in [4.69, 9.17) is 5.73 Å². The predicted octanol–water partition coefficient (Wildman–Crippen LogP) is 1.49. The van der Waals surface area contributed by atoms with Crippen LogP contribution in [0, 0.1) is 0 Å². The van der Waals surface area contributed by atoms with Crippen LogP contribution in [0.25, 0.3) is 10.2 Å². The number of carbonyl (C=O) groups excluding carboxylic acids is 1. The summed E-state index contributed by atoms with van der Waals surface area (Å²) in [6.45, 7) is 3.18. The molecule has 1 aliphatic heterocycles. The van der Waals surface area contributed by atoms with Crippen LogP contribution in [0.1, 0.15) is 29.4 Å². The van der Waals surface area contributed by atoms with E-state index >= 15 is 0 Å². The number of piperidine rings is 1. The number of nitrogen functional groups attached to an aromatic ring is 1. The fraction of sp³-hybridized carbons (Fsp3) is 0.500. The van der Waals surface area contributed by atoms with Gasteiger partial charge in [-0.1, -0.05) is 0 Å². The highest BCUT2D eigenvalue weighted by Crippen LogP contribution is 2.31. The zero-order valence-electron chi connectivity index (χ0n) is 12.2. The predicted molar refractivity (Wildman–Crippen MR) is 84.4 cm³/mol. The molecule has 2 unspecified atom stereocenters. The van der Waals surface area contributed by atoms with Gasteiger partial charge in [0.25, 0.3) is 5.91 Å². The summed E-state index contributed by atoms with van der Waals surface area (Å²) < 4.78 is 0. The fourth-order valence-electron chi connectivity index (χ4n) is 2.71. The number of anilines is 1. The molecule has 1 fully saturated rings. The Morgan fingerprint density at radius 2 is 2.38 bits per heavy atom. The Labute approximate surface area is 127 Å². The highest BCUT2D eigenvalue weighted by Gasteiger charge is 2.26. The Morgan fingerprint density at radius 1 is 1.57 bits per heavy atom. The van der Waals surface area contributed by atoms with Crippen molar-refractivity contribution >= 4 is 33.1 Å². The van der Waals surface area contributed by atoms with E-state index in [1.807, 2.05) is 0 Å². The molecule has 6 nitrogen and oxygen atoms in total. The van der Waals surface area contributed by atoms with Crippen LogP contribution in [-0.4, -0.2) is 46.7 Å². The number of thiophene rings is 1. The third kappa shape index (κ3) is 2.71. The quantitative estimate of drug-likeness (QED) is 0.878. The lowest BCUT2D eigenvalue weighted by molar-refractivity contribution is 0.0901. The van der Waals surface area contributed by atoms with Gasteiger partial charge in [-0.2, -0.15) is 5.10 Å². The van der Waals surface area contributed by atoms with Crippen molar-refractivity contribution in [1.29, 1.82) is 0 Å². The van der Waals surface area contributed by atoms with Crippen LogP contribution in [0.2, 0.25) is 0 Å². The Hall–Kier alpha value is -1.73. The first-order chi connectivity index (χ1) is 10.1. The molecule has 0 radical (unpaired) electrons. The number of rotatable bonds is 2. The minimum Gasteiger partial charge on any atom is -0.397 e. The molecular weight excluding hydrogens is 286 g/mol. The number of hydrogen-bond acceptors (Lipinski definition) is 6. The highest BCUT2D eigenvalue weighted by molar-refractivity contribution is 7.21. The summed E-state index contributed by atoms with van der Waals surface area (Å²) in [6.07, 6.45) is 3.52.